The van der Waals surface area contributed by atoms with Gasteiger partial charge in [0.15, 0.2) is 0 Å². The summed E-state index contributed by atoms with van der Waals surface area (Å²) in [5, 5.41) is 25.4. The minimum Gasteiger partial charge on any atom is -0.785 e. The normalized spacial score (nSPS) is 35.7. The Bertz CT molecular complexity index is 282. The molecule has 2 aliphatic carbocycles. The molecule has 0 spiro atoms. The maximum atomic E-state index is 12.2. The number of methoxy groups -OCH3 is 1. The van der Waals surface area contributed by atoms with E-state index >= 15 is 0 Å². The Morgan fingerprint density at radius 1 is 0.850 bits per heavy atom. The van der Waals surface area contributed by atoms with Crippen molar-refractivity contribution >= 4 is 0 Å². The number of hydrogen-bond donors (Lipinski definition) is 0. The zero-order valence-corrected chi connectivity index (χ0v) is 12.5. The van der Waals surface area contributed by atoms with Gasteiger partial charge >= 0.3 is 0 Å². The monoisotopic (exact) mass is 286 g/mol. The van der Waals surface area contributed by atoms with Gasteiger partial charge in [0.05, 0.1) is 12.2 Å². The number of nitrogens with zero attached hydrogens (tertiary/aromatic N) is 2. The highest BCUT2D eigenvalue weighted by molar-refractivity contribution is 4.87. The summed E-state index contributed by atoms with van der Waals surface area (Å²) in [4.78, 5) is 5.56. The third kappa shape index (κ3) is 4.13. The van der Waals surface area contributed by atoms with Crippen molar-refractivity contribution in [3.05, 3.63) is 10.4 Å². The zero-order chi connectivity index (χ0) is 14.5. The van der Waals surface area contributed by atoms with Crippen LogP contribution in [0.1, 0.15) is 51.4 Å². The minimum absolute atomic E-state index is 0.0292. The maximum absolute atomic E-state index is 12.2. The lowest BCUT2D eigenvalue weighted by molar-refractivity contribution is -0.213. The molecule has 0 radical (unpaired) electrons. The van der Waals surface area contributed by atoms with Gasteiger partial charge in [-0.15, -0.1) is 0 Å². The Balaban J connectivity index is 1.82. The van der Waals surface area contributed by atoms with Crippen LogP contribution in [0.3, 0.4) is 0 Å². The molecule has 2 unspecified atom stereocenters. The Morgan fingerprint density at radius 3 is 1.95 bits per heavy atom. The van der Waals surface area contributed by atoms with Crippen molar-refractivity contribution in [3.63, 3.8) is 0 Å². The summed E-state index contributed by atoms with van der Waals surface area (Å²) in [6.45, 7) is 0. The summed E-state index contributed by atoms with van der Waals surface area (Å²) >= 11 is 0. The third-order valence-electron chi connectivity index (χ3n) is 4.64. The smallest absolute Gasteiger partial charge is 0.0783 e. The van der Waals surface area contributed by atoms with E-state index in [1.54, 1.807) is 7.11 Å². The second-order valence-electron chi connectivity index (χ2n) is 5.99. The molecule has 2 aliphatic rings. The first-order valence-corrected chi connectivity index (χ1v) is 7.67. The molecule has 0 heterocycles. The number of likely N-dealkylation sites (N-methyl/N-ethyl adjacent to an activating group) is 1. The van der Waals surface area contributed by atoms with Gasteiger partial charge in [0.2, 0.25) is 0 Å². The van der Waals surface area contributed by atoms with Crippen molar-refractivity contribution in [3.8, 4) is 0 Å². The van der Waals surface area contributed by atoms with E-state index in [4.69, 9.17) is 9.57 Å². The predicted octanol–water partition coefficient (Wildman–Crippen LogP) is 2.42. The van der Waals surface area contributed by atoms with E-state index in [1.807, 2.05) is 0 Å². The molecule has 0 aliphatic heterocycles. The minimum atomic E-state index is -0.327. The first kappa shape index (κ1) is 16.1. The summed E-state index contributed by atoms with van der Waals surface area (Å²) < 4.78 is 5.31. The van der Waals surface area contributed by atoms with Crippen LogP contribution in [0.4, 0.5) is 0 Å². The van der Waals surface area contributed by atoms with Crippen LogP contribution in [0, 0.1) is 10.4 Å². The molecule has 0 amide bonds. The summed E-state index contributed by atoms with van der Waals surface area (Å²) in [6.07, 6.45) is 7.37. The fourth-order valence-corrected chi connectivity index (χ4v) is 3.36. The van der Waals surface area contributed by atoms with Crippen LogP contribution in [-0.4, -0.2) is 48.7 Å². The summed E-state index contributed by atoms with van der Waals surface area (Å²) in [5.41, 5.74) is 0. The van der Waals surface area contributed by atoms with Crippen molar-refractivity contribution in [2.75, 3.05) is 14.2 Å². The largest absolute Gasteiger partial charge is 0.785 e. The van der Waals surface area contributed by atoms with E-state index in [2.05, 4.69) is 0 Å². The predicted molar refractivity (Wildman–Crippen MR) is 76.5 cm³/mol. The topological polar surface area (TPSA) is 71.1 Å². The number of rotatable bonds is 5. The molecule has 0 N–H and O–H groups in total. The quantitative estimate of drug-likeness (QED) is 0.723. The van der Waals surface area contributed by atoms with Gasteiger partial charge in [-0.2, -0.15) is 0 Å². The molecule has 0 aromatic heterocycles. The number of hydrogen-bond acceptors (Lipinski definition) is 6. The lowest BCUT2D eigenvalue weighted by Gasteiger charge is -2.49. The van der Waals surface area contributed by atoms with Gasteiger partial charge in [-0.1, -0.05) is 12.8 Å². The molecule has 0 saturated heterocycles. The van der Waals surface area contributed by atoms with E-state index < -0.39 is 0 Å². The van der Waals surface area contributed by atoms with Crippen LogP contribution < -0.4 is 0 Å². The second-order valence-corrected chi connectivity index (χ2v) is 5.99. The summed E-state index contributed by atoms with van der Waals surface area (Å²) in [5.74, 6) is 0. The highest BCUT2D eigenvalue weighted by Gasteiger charge is 2.29. The fraction of sp³-hybridized carbons (Fsp3) is 1.00. The molecule has 6 nitrogen and oxygen atoms in total. The van der Waals surface area contributed by atoms with Crippen LogP contribution in [0.25, 0.3) is 0 Å². The van der Waals surface area contributed by atoms with Gasteiger partial charge in [-0.3, -0.25) is 5.23 Å². The standard InChI is InChI=1S/C14H26N2O4/c1-15(17)13-5-3-4-6-14(13)16(18)20-12-9-7-11(19-2)8-10-12/h11-14H,3-10H2,1-2H3/q-2. The van der Waals surface area contributed by atoms with E-state index in [9.17, 15) is 10.4 Å². The highest BCUT2D eigenvalue weighted by Crippen LogP contribution is 2.29. The van der Waals surface area contributed by atoms with Gasteiger partial charge in [-0.25, -0.2) is 0 Å². The van der Waals surface area contributed by atoms with Crippen LogP contribution >= 0.6 is 0 Å². The fourth-order valence-electron chi connectivity index (χ4n) is 3.36. The molecule has 2 rings (SSSR count). The van der Waals surface area contributed by atoms with Crippen LogP contribution in [0.2, 0.25) is 0 Å². The molecule has 2 atom stereocenters. The van der Waals surface area contributed by atoms with Crippen LogP contribution in [0.15, 0.2) is 0 Å². The van der Waals surface area contributed by atoms with E-state index in [1.165, 1.54) is 7.05 Å². The molecule has 6 heteroatoms. The second kappa shape index (κ2) is 7.68. The molecule has 0 aromatic carbocycles. The summed E-state index contributed by atoms with van der Waals surface area (Å²) in [6, 6.07) is -0.567. The Morgan fingerprint density at radius 2 is 1.40 bits per heavy atom. The average Bonchev–Trinajstić information content (AvgIpc) is 2.48. The first-order chi connectivity index (χ1) is 9.61. The number of hydroxylamine groups is 4. The van der Waals surface area contributed by atoms with E-state index in [0.29, 0.717) is 6.10 Å². The SMILES string of the molecule is COC1CCC(ON([O-])C2CCCCC2N(C)[O-])CC1. The lowest BCUT2D eigenvalue weighted by Crippen LogP contribution is -2.49. The van der Waals surface area contributed by atoms with Crippen LogP contribution in [0.5, 0.6) is 0 Å². The summed E-state index contributed by atoms with van der Waals surface area (Å²) in [7, 11) is 3.23. The number of ether oxygens (including phenoxy) is 1. The highest BCUT2D eigenvalue weighted by atomic mass is 16.9. The molecular formula is C14H26N2O4-2. The van der Waals surface area contributed by atoms with Gasteiger partial charge in [0.25, 0.3) is 0 Å². The lowest BCUT2D eigenvalue weighted by atomic mass is 9.90. The van der Waals surface area contributed by atoms with E-state index in [-0.39, 0.29) is 18.2 Å². The Hall–Kier alpha value is -0.240. The average molecular weight is 286 g/mol. The molecule has 20 heavy (non-hydrogen) atoms. The van der Waals surface area contributed by atoms with Crippen molar-refractivity contribution in [1.29, 1.82) is 0 Å². The maximum Gasteiger partial charge on any atom is 0.0783 e. The Kier molecular flexibility index (Phi) is 6.20. The van der Waals surface area contributed by atoms with Crippen molar-refractivity contribution in [1.82, 2.24) is 10.3 Å². The molecule has 2 fully saturated rings. The molecule has 118 valence electrons. The molecule has 2 saturated carbocycles. The van der Waals surface area contributed by atoms with Gasteiger partial charge in [0.1, 0.15) is 0 Å². The van der Waals surface area contributed by atoms with Crippen molar-refractivity contribution in [2.45, 2.75) is 75.7 Å². The van der Waals surface area contributed by atoms with Gasteiger partial charge < -0.3 is 25.1 Å². The first-order valence-electron chi connectivity index (χ1n) is 7.67. The Labute approximate surface area is 121 Å². The third-order valence-corrected chi connectivity index (χ3v) is 4.64. The van der Waals surface area contributed by atoms with Crippen LogP contribution in [-0.2, 0) is 9.57 Å². The molecule has 0 bridgehead atoms. The molecular weight excluding hydrogens is 260 g/mol. The van der Waals surface area contributed by atoms with Gasteiger partial charge in [0, 0.05) is 19.2 Å². The van der Waals surface area contributed by atoms with Crippen molar-refractivity contribution in [2.24, 2.45) is 0 Å². The van der Waals surface area contributed by atoms with Gasteiger partial charge in [-0.05, 0) is 45.6 Å². The molecule has 0 aromatic rings. The van der Waals surface area contributed by atoms with E-state index in [0.717, 1.165) is 61.7 Å². The zero-order valence-electron chi connectivity index (χ0n) is 12.5. The van der Waals surface area contributed by atoms with Crippen molar-refractivity contribution < 1.29 is 9.57 Å².